The third-order valence-corrected chi connectivity index (χ3v) is 4.37. The molecule has 29 heavy (non-hydrogen) atoms. The Bertz CT molecular complexity index is 961. The summed E-state index contributed by atoms with van der Waals surface area (Å²) in [6.45, 7) is 1.83. The van der Waals surface area contributed by atoms with Crippen molar-refractivity contribution in [2.75, 3.05) is 18.7 Å². The predicted octanol–water partition coefficient (Wildman–Crippen LogP) is 1.81. The molecule has 0 spiro atoms. The van der Waals surface area contributed by atoms with Crippen molar-refractivity contribution in [1.82, 2.24) is 5.32 Å². The Kier molecular flexibility index (Phi) is 5.93. The highest BCUT2D eigenvalue weighted by Gasteiger charge is 2.19. The van der Waals surface area contributed by atoms with E-state index in [0.29, 0.717) is 22.6 Å². The molecule has 0 bridgehead atoms. The van der Waals surface area contributed by atoms with Crippen LogP contribution in [-0.4, -0.2) is 35.2 Å². The van der Waals surface area contributed by atoms with Crippen LogP contribution < -0.4 is 20.1 Å². The van der Waals surface area contributed by atoms with Crippen molar-refractivity contribution in [2.45, 2.75) is 19.4 Å². The average Bonchev–Trinajstić information content (AvgIpc) is 3.17. The number of nitrogens with zero attached hydrogens (tertiary/aromatic N) is 1. The van der Waals surface area contributed by atoms with Crippen LogP contribution in [0.15, 0.2) is 36.4 Å². The molecule has 0 aromatic heterocycles. The monoisotopic (exact) mass is 401 g/mol. The molecule has 0 fully saturated rings. The van der Waals surface area contributed by atoms with E-state index in [2.05, 4.69) is 10.6 Å². The van der Waals surface area contributed by atoms with E-state index in [0.717, 1.165) is 0 Å². The van der Waals surface area contributed by atoms with Gasteiger partial charge in [0, 0.05) is 18.7 Å². The molecule has 2 aromatic rings. The second-order valence-electron chi connectivity index (χ2n) is 6.38. The summed E-state index contributed by atoms with van der Waals surface area (Å²) in [5, 5.41) is 25.9. The quantitative estimate of drug-likeness (QED) is 0.381. The molecule has 0 saturated heterocycles. The predicted molar refractivity (Wildman–Crippen MR) is 102 cm³/mol. The van der Waals surface area contributed by atoms with Crippen molar-refractivity contribution in [2.24, 2.45) is 0 Å². The number of nitro groups is 1. The minimum absolute atomic E-state index is 0.0514. The highest BCUT2D eigenvalue weighted by atomic mass is 16.7. The van der Waals surface area contributed by atoms with Crippen LogP contribution in [0.5, 0.6) is 11.5 Å². The Hall–Kier alpha value is -3.66. The largest absolute Gasteiger partial charge is 0.454 e. The molecule has 152 valence electrons. The Balaban J connectivity index is 1.51. The maximum atomic E-state index is 12.0. The number of nitrogens with one attached hydrogen (secondary N) is 2. The zero-order valence-electron chi connectivity index (χ0n) is 15.5. The molecular formula is C19H19N3O7. The fourth-order valence-electron chi connectivity index (χ4n) is 2.73. The van der Waals surface area contributed by atoms with Crippen LogP contribution >= 0.6 is 0 Å². The van der Waals surface area contributed by atoms with Crippen LogP contribution in [0.2, 0.25) is 0 Å². The van der Waals surface area contributed by atoms with Gasteiger partial charge in [0.15, 0.2) is 11.5 Å². The summed E-state index contributed by atoms with van der Waals surface area (Å²) in [5.74, 6) is -0.723. The second-order valence-corrected chi connectivity index (χ2v) is 6.38. The number of carbonyl (C=O) groups excluding carboxylic acids is 2. The number of amides is 2. The van der Waals surface area contributed by atoms with Crippen molar-refractivity contribution >= 4 is 23.2 Å². The summed E-state index contributed by atoms with van der Waals surface area (Å²) in [4.78, 5) is 34.3. The third-order valence-electron chi connectivity index (χ3n) is 4.37. The second kappa shape index (κ2) is 8.57. The zero-order chi connectivity index (χ0) is 21.0. The van der Waals surface area contributed by atoms with Crippen LogP contribution in [0.1, 0.15) is 23.7 Å². The van der Waals surface area contributed by atoms with Gasteiger partial charge in [0.1, 0.15) is 0 Å². The molecule has 2 aromatic carbocycles. The number of fused-ring (bicyclic) bond motifs is 1. The number of hydrogen-bond acceptors (Lipinski definition) is 7. The van der Waals surface area contributed by atoms with Gasteiger partial charge in [-0.2, -0.15) is 0 Å². The van der Waals surface area contributed by atoms with E-state index in [-0.39, 0.29) is 31.1 Å². The van der Waals surface area contributed by atoms with E-state index in [1.165, 1.54) is 18.2 Å². The molecule has 1 aliphatic rings. The fraction of sp³-hybridized carbons (Fsp3) is 0.263. The normalized spacial score (nSPS) is 12.9. The lowest BCUT2D eigenvalue weighted by molar-refractivity contribution is -0.384. The van der Waals surface area contributed by atoms with E-state index in [4.69, 9.17) is 9.47 Å². The molecule has 0 saturated carbocycles. The van der Waals surface area contributed by atoms with Crippen molar-refractivity contribution in [3.63, 3.8) is 0 Å². The molecule has 3 N–H and O–H groups in total. The van der Waals surface area contributed by atoms with Gasteiger partial charge in [-0.05, 0) is 36.6 Å². The van der Waals surface area contributed by atoms with E-state index in [1.54, 1.807) is 25.1 Å². The summed E-state index contributed by atoms with van der Waals surface area (Å²) in [6, 6.07) is 9.01. The topological polar surface area (TPSA) is 140 Å². The fourth-order valence-corrected chi connectivity index (χ4v) is 2.73. The van der Waals surface area contributed by atoms with Gasteiger partial charge in [-0.3, -0.25) is 19.7 Å². The Labute approximate surface area is 165 Å². The lowest BCUT2D eigenvalue weighted by Crippen LogP contribution is -2.36. The average molecular weight is 401 g/mol. The summed E-state index contributed by atoms with van der Waals surface area (Å²) in [5.41, 5.74) is 1.16. The van der Waals surface area contributed by atoms with Gasteiger partial charge in [-0.25, -0.2) is 0 Å². The van der Waals surface area contributed by atoms with E-state index >= 15 is 0 Å². The number of aryl methyl sites for hydroxylation is 1. The molecular weight excluding hydrogens is 382 g/mol. The number of rotatable bonds is 6. The van der Waals surface area contributed by atoms with Crippen molar-refractivity contribution in [3.05, 3.63) is 57.6 Å². The van der Waals surface area contributed by atoms with Crippen LogP contribution in [0.25, 0.3) is 0 Å². The number of ether oxygens (including phenoxy) is 2. The smallest absolute Gasteiger partial charge is 0.313 e. The number of hydrogen-bond donors (Lipinski definition) is 3. The van der Waals surface area contributed by atoms with Crippen LogP contribution in [0.3, 0.4) is 0 Å². The molecule has 10 nitrogen and oxygen atoms in total. The van der Waals surface area contributed by atoms with E-state index in [9.17, 15) is 24.8 Å². The van der Waals surface area contributed by atoms with Crippen molar-refractivity contribution in [3.8, 4) is 11.5 Å². The van der Waals surface area contributed by atoms with Crippen molar-refractivity contribution in [1.29, 1.82) is 0 Å². The number of benzene rings is 2. The standard InChI is InChI=1S/C19H19N3O7/c1-11-2-4-13(22(26)27)9-14(11)21-19(25)18(24)20-7-6-15(23)12-3-5-16-17(8-12)29-10-28-16/h2-5,8-9,15,23H,6-7,10H2,1H3,(H,20,24)(H,21,25). The first-order chi connectivity index (χ1) is 13.8. The zero-order valence-corrected chi connectivity index (χ0v) is 15.5. The molecule has 0 aliphatic carbocycles. The van der Waals surface area contributed by atoms with Gasteiger partial charge in [0.25, 0.3) is 5.69 Å². The van der Waals surface area contributed by atoms with Crippen molar-refractivity contribution < 1.29 is 29.1 Å². The maximum absolute atomic E-state index is 12.0. The number of nitro benzene ring substituents is 1. The Morgan fingerprint density at radius 1 is 1.17 bits per heavy atom. The molecule has 2 amide bonds. The summed E-state index contributed by atoms with van der Waals surface area (Å²) in [6.07, 6.45) is -0.694. The number of aliphatic hydroxyl groups excluding tert-OH is 1. The molecule has 3 rings (SSSR count). The van der Waals surface area contributed by atoms with Gasteiger partial charge >= 0.3 is 11.8 Å². The van der Waals surface area contributed by atoms with Crippen LogP contribution in [0, 0.1) is 17.0 Å². The Morgan fingerprint density at radius 2 is 1.93 bits per heavy atom. The first-order valence-corrected chi connectivity index (χ1v) is 8.77. The molecule has 1 atom stereocenters. The van der Waals surface area contributed by atoms with Gasteiger partial charge in [0.05, 0.1) is 16.7 Å². The molecule has 1 aliphatic heterocycles. The lowest BCUT2D eigenvalue weighted by Gasteiger charge is -2.12. The molecule has 0 radical (unpaired) electrons. The van der Waals surface area contributed by atoms with Crippen LogP contribution in [-0.2, 0) is 9.59 Å². The van der Waals surface area contributed by atoms with Gasteiger partial charge in [0.2, 0.25) is 6.79 Å². The Morgan fingerprint density at radius 3 is 2.69 bits per heavy atom. The number of anilines is 1. The minimum Gasteiger partial charge on any atom is -0.454 e. The maximum Gasteiger partial charge on any atom is 0.313 e. The molecule has 10 heteroatoms. The highest BCUT2D eigenvalue weighted by Crippen LogP contribution is 2.34. The minimum atomic E-state index is -0.953. The van der Waals surface area contributed by atoms with Gasteiger partial charge in [-0.1, -0.05) is 12.1 Å². The lowest BCUT2D eigenvalue weighted by atomic mass is 10.1. The van der Waals surface area contributed by atoms with Gasteiger partial charge < -0.3 is 25.2 Å². The highest BCUT2D eigenvalue weighted by molar-refractivity contribution is 6.39. The van der Waals surface area contributed by atoms with E-state index < -0.39 is 22.8 Å². The SMILES string of the molecule is Cc1ccc([N+](=O)[O-])cc1NC(=O)C(=O)NCCC(O)c1ccc2c(c1)OCO2. The first-order valence-electron chi connectivity index (χ1n) is 8.77. The first kappa shape index (κ1) is 20.1. The summed E-state index contributed by atoms with van der Waals surface area (Å²) >= 11 is 0. The number of carbonyl (C=O) groups is 2. The molecule has 1 unspecified atom stereocenters. The van der Waals surface area contributed by atoms with Gasteiger partial charge in [-0.15, -0.1) is 0 Å². The number of non-ortho nitro benzene ring substituents is 1. The van der Waals surface area contributed by atoms with E-state index in [1.807, 2.05) is 0 Å². The summed E-state index contributed by atoms with van der Waals surface area (Å²) in [7, 11) is 0. The number of aliphatic hydroxyl groups is 1. The van der Waals surface area contributed by atoms with Crippen LogP contribution in [0.4, 0.5) is 11.4 Å². The third kappa shape index (κ3) is 4.79. The molecule has 1 heterocycles. The summed E-state index contributed by atoms with van der Waals surface area (Å²) < 4.78 is 10.5.